The molecule has 2 N–H and O–H groups in total. The lowest BCUT2D eigenvalue weighted by molar-refractivity contribution is 0.1000. The number of carbonyl (C=O) groups is 1. The molecular formula is C16H22FN3O2. The van der Waals surface area contributed by atoms with Crippen LogP contribution in [0, 0.1) is 6.92 Å². The second-order valence-corrected chi connectivity index (χ2v) is 5.95. The van der Waals surface area contributed by atoms with Gasteiger partial charge >= 0.3 is 0 Å². The summed E-state index contributed by atoms with van der Waals surface area (Å²) in [6.45, 7) is 5.86. The van der Waals surface area contributed by atoms with Crippen molar-refractivity contribution in [3.8, 4) is 0 Å². The molecule has 1 aromatic carbocycles. The zero-order valence-corrected chi connectivity index (χ0v) is 12.8. The van der Waals surface area contributed by atoms with E-state index in [2.05, 4.69) is 4.90 Å². The van der Waals surface area contributed by atoms with Gasteiger partial charge in [-0.3, -0.25) is 4.79 Å². The van der Waals surface area contributed by atoms with E-state index < -0.39 is 12.1 Å². The molecule has 0 radical (unpaired) electrons. The zero-order valence-electron chi connectivity index (χ0n) is 12.8. The van der Waals surface area contributed by atoms with Crippen molar-refractivity contribution in [2.75, 3.05) is 49.2 Å². The molecule has 0 aromatic heterocycles. The van der Waals surface area contributed by atoms with Crippen LogP contribution in [-0.4, -0.2) is 51.5 Å². The molecule has 0 unspecified atom stereocenters. The van der Waals surface area contributed by atoms with Crippen LogP contribution < -0.4 is 15.5 Å². The summed E-state index contributed by atoms with van der Waals surface area (Å²) < 4.78 is 18.9. The largest absolute Gasteiger partial charge is 0.378 e. The van der Waals surface area contributed by atoms with E-state index in [0.29, 0.717) is 38.3 Å². The first-order valence-corrected chi connectivity index (χ1v) is 7.72. The Morgan fingerprint density at radius 3 is 2.59 bits per heavy atom. The summed E-state index contributed by atoms with van der Waals surface area (Å²) in [6, 6.07) is 3.95. The summed E-state index contributed by atoms with van der Waals surface area (Å²) in [7, 11) is 0. The zero-order chi connectivity index (χ0) is 15.7. The van der Waals surface area contributed by atoms with Gasteiger partial charge in [-0.2, -0.15) is 0 Å². The number of nitrogens with two attached hydrogens (primary N) is 1. The summed E-state index contributed by atoms with van der Waals surface area (Å²) >= 11 is 0. The minimum atomic E-state index is -0.840. The van der Waals surface area contributed by atoms with Crippen LogP contribution >= 0.6 is 0 Å². The molecule has 0 bridgehead atoms. The normalized spacial score (nSPS) is 22.2. The van der Waals surface area contributed by atoms with Crippen molar-refractivity contribution in [1.29, 1.82) is 0 Å². The monoisotopic (exact) mass is 307 g/mol. The van der Waals surface area contributed by atoms with E-state index in [4.69, 9.17) is 10.5 Å². The molecule has 3 rings (SSSR count). The Kier molecular flexibility index (Phi) is 4.20. The lowest BCUT2D eigenvalue weighted by atomic mass is 10.0. The van der Waals surface area contributed by atoms with Gasteiger partial charge in [-0.05, 0) is 31.0 Å². The Labute approximate surface area is 129 Å². The van der Waals surface area contributed by atoms with Crippen molar-refractivity contribution in [2.24, 2.45) is 5.73 Å². The molecule has 0 spiro atoms. The van der Waals surface area contributed by atoms with Crippen LogP contribution in [-0.2, 0) is 4.74 Å². The Morgan fingerprint density at radius 2 is 2.00 bits per heavy atom. The molecule has 1 amide bonds. The fourth-order valence-electron chi connectivity index (χ4n) is 3.26. The van der Waals surface area contributed by atoms with E-state index in [9.17, 15) is 9.18 Å². The minimum Gasteiger partial charge on any atom is -0.378 e. The Hall–Kier alpha value is -1.82. The van der Waals surface area contributed by atoms with Crippen LogP contribution in [0.15, 0.2) is 12.1 Å². The SMILES string of the molecule is Cc1cc(N2CCOCC2)cc(N2CC[C@@H](F)C2)c1C(N)=O. The Bertz CT molecular complexity index is 573. The predicted octanol–water partition coefficient (Wildman–Crippen LogP) is 1.48. The number of amides is 1. The molecule has 6 heteroatoms. The number of morpholine rings is 1. The average Bonchev–Trinajstić information content (AvgIpc) is 2.93. The van der Waals surface area contributed by atoms with Gasteiger partial charge in [0.25, 0.3) is 5.91 Å². The molecule has 1 atom stereocenters. The van der Waals surface area contributed by atoms with E-state index in [-0.39, 0.29) is 0 Å². The van der Waals surface area contributed by atoms with Crippen molar-refractivity contribution < 1.29 is 13.9 Å². The number of alkyl halides is 1. The van der Waals surface area contributed by atoms with Crippen molar-refractivity contribution >= 4 is 17.3 Å². The number of rotatable bonds is 3. The van der Waals surface area contributed by atoms with Gasteiger partial charge in [0.15, 0.2) is 0 Å². The van der Waals surface area contributed by atoms with Crippen molar-refractivity contribution in [1.82, 2.24) is 0 Å². The summed E-state index contributed by atoms with van der Waals surface area (Å²) in [5, 5.41) is 0. The second kappa shape index (κ2) is 6.12. The first-order chi connectivity index (χ1) is 10.6. The van der Waals surface area contributed by atoms with Gasteiger partial charge in [0.1, 0.15) is 6.17 Å². The van der Waals surface area contributed by atoms with E-state index in [1.54, 1.807) is 0 Å². The number of halogens is 1. The van der Waals surface area contributed by atoms with Crippen LogP contribution in [0.4, 0.5) is 15.8 Å². The number of hydrogen-bond donors (Lipinski definition) is 1. The predicted molar refractivity (Wildman–Crippen MR) is 84.5 cm³/mol. The first kappa shape index (κ1) is 15.1. The maximum Gasteiger partial charge on any atom is 0.251 e. The number of aryl methyl sites for hydroxylation is 1. The van der Waals surface area contributed by atoms with E-state index >= 15 is 0 Å². The number of benzene rings is 1. The fraction of sp³-hybridized carbons (Fsp3) is 0.562. The van der Waals surface area contributed by atoms with Gasteiger partial charge in [-0.25, -0.2) is 4.39 Å². The van der Waals surface area contributed by atoms with E-state index in [1.807, 2.05) is 24.0 Å². The highest BCUT2D eigenvalue weighted by atomic mass is 19.1. The fourth-order valence-corrected chi connectivity index (χ4v) is 3.26. The van der Waals surface area contributed by atoms with Crippen molar-refractivity contribution in [2.45, 2.75) is 19.5 Å². The van der Waals surface area contributed by atoms with Gasteiger partial charge in [-0.15, -0.1) is 0 Å². The third-order valence-electron chi connectivity index (χ3n) is 4.39. The van der Waals surface area contributed by atoms with Crippen LogP contribution in [0.25, 0.3) is 0 Å². The standard InChI is InChI=1S/C16H22FN3O2/c1-11-8-13(19-4-6-22-7-5-19)9-14(15(11)16(18)21)20-3-2-12(17)10-20/h8-9,12H,2-7,10H2,1H3,(H2,18,21)/t12-/m1/s1. The van der Waals surface area contributed by atoms with Gasteiger partial charge in [0, 0.05) is 31.9 Å². The first-order valence-electron chi connectivity index (χ1n) is 7.72. The van der Waals surface area contributed by atoms with Gasteiger partial charge in [0.05, 0.1) is 24.5 Å². The molecule has 2 aliphatic rings. The second-order valence-electron chi connectivity index (χ2n) is 5.95. The number of ether oxygens (including phenoxy) is 1. The van der Waals surface area contributed by atoms with E-state index in [0.717, 1.165) is 30.0 Å². The summed E-state index contributed by atoms with van der Waals surface area (Å²) in [4.78, 5) is 16.0. The Balaban J connectivity index is 2.00. The highest BCUT2D eigenvalue weighted by Crippen LogP contribution is 2.33. The Morgan fingerprint density at radius 1 is 1.27 bits per heavy atom. The van der Waals surface area contributed by atoms with E-state index in [1.165, 1.54) is 0 Å². The average molecular weight is 307 g/mol. The van der Waals surface area contributed by atoms with Crippen LogP contribution in [0.1, 0.15) is 22.3 Å². The maximum absolute atomic E-state index is 13.6. The number of nitrogens with zero attached hydrogens (tertiary/aromatic N) is 2. The number of hydrogen-bond acceptors (Lipinski definition) is 4. The van der Waals surface area contributed by atoms with Gasteiger partial charge < -0.3 is 20.3 Å². The van der Waals surface area contributed by atoms with Crippen molar-refractivity contribution in [3.05, 3.63) is 23.3 Å². The van der Waals surface area contributed by atoms with Gasteiger partial charge in [-0.1, -0.05) is 0 Å². The molecule has 2 aliphatic heterocycles. The number of carbonyl (C=O) groups excluding carboxylic acids is 1. The molecule has 2 fully saturated rings. The molecule has 120 valence electrons. The number of anilines is 2. The number of primary amides is 1. The highest BCUT2D eigenvalue weighted by molar-refractivity contribution is 6.01. The smallest absolute Gasteiger partial charge is 0.251 e. The summed E-state index contributed by atoms with van der Waals surface area (Å²) in [5.41, 5.74) is 8.70. The maximum atomic E-state index is 13.6. The summed E-state index contributed by atoms with van der Waals surface area (Å²) in [5.74, 6) is -0.455. The minimum absolute atomic E-state index is 0.326. The lowest BCUT2D eigenvalue weighted by Gasteiger charge is -2.31. The summed E-state index contributed by atoms with van der Waals surface area (Å²) in [6.07, 6.45) is -0.341. The molecule has 0 aliphatic carbocycles. The topological polar surface area (TPSA) is 58.8 Å². The quantitative estimate of drug-likeness (QED) is 0.919. The molecule has 2 heterocycles. The van der Waals surface area contributed by atoms with Crippen molar-refractivity contribution in [3.63, 3.8) is 0 Å². The third kappa shape index (κ3) is 2.88. The molecule has 22 heavy (non-hydrogen) atoms. The highest BCUT2D eigenvalue weighted by Gasteiger charge is 2.27. The molecular weight excluding hydrogens is 285 g/mol. The van der Waals surface area contributed by atoms with Crippen LogP contribution in [0.5, 0.6) is 0 Å². The lowest BCUT2D eigenvalue weighted by Crippen LogP contribution is -2.36. The molecule has 5 nitrogen and oxygen atoms in total. The molecule has 2 saturated heterocycles. The van der Waals surface area contributed by atoms with Gasteiger partial charge in [0.2, 0.25) is 0 Å². The molecule has 0 saturated carbocycles. The molecule has 1 aromatic rings. The van der Waals surface area contributed by atoms with Crippen LogP contribution in [0.3, 0.4) is 0 Å². The third-order valence-corrected chi connectivity index (χ3v) is 4.39. The van der Waals surface area contributed by atoms with Crippen LogP contribution in [0.2, 0.25) is 0 Å².